The first-order valence-electron chi connectivity index (χ1n) is 7.65. The number of anilines is 1. The van der Waals surface area contributed by atoms with Crippen molar-refractivity contribution in [2.75, 3.05) is 24.7 Å². The fourth-order valence-electron chi connectivity index (χ4n) is 2.92. The van der Waals surface area contributed by atoms with Crippen molar-refractivity contribution in [2.45, 2.75) is 12.8 Å². The average molecular weight is 412 g/mol. The average Bonchev–Trinajstić information content (AvgIpc) is 2.57. The Morgan fingerprint density at radius 3 is 2.67 bits per heavy atom. The standard InChI is InChI=1S/C16H18BrN3O3S/c1-24(22,23)20-9-6-11(7-10-20)16(21)19-14-5-4-13(17)12-3-2-8-18-15(12)14/h2-5,8,11H,6-7,9-10H2,1H3,(H,19,21). The molecule has 1 aromatic heterocycles. The Kier molecular flexibility index (Phi) is 4.89. The molecule has 0 bridgehead atoms. The van der Waals surface area contributed by atoms with Crippen LogP contribution in [0.5, 0.6) is 0 Å². The van der Waals surface area contributed by atoms with E-state index in [1.165, 1.54) is 10.6 Å². The van der Waals surface area contributed by atoms with Crippen LogP contribution in [-0.2, 0) is 14.8 Å². The zero-order valence-corrected chi connectivity index (χ0v) is 15.6. The fourth-order valence-corrected chi connectivity index (χ4v) is 4.25. The van der Waals surface area contributed by atoms with Gasteiger partial charge in [-0.2, -0.15) is 0 Å². The number of hydrogen-bond donors (Lipinski definition) is 1. The summed E-state index contributed by atoms with van der Waals surface area (Å²) >= 11 is 3.48. The lowest BCUT2D eigenvalue weighted by molar-refractivity contribution is -0.120. The predicted octanol–water partition coefficient (Wildman–Crippen LogP) is 2.61. The van der Waals surface area contributed by atoms with Crippen molar-refractivity contribution in [3.8, 4) is 0 Å². The van der Waals surface area contributed by atoms with Gasteiger partial charge in [-0.25, -0.2) is 12.7 Å². The second-order valence-electron chi connectivity index (χ2n) is 5.92. The molecule has 1 saturated heterocycles. The summed E-state index contributed by atoms with van der Waals surface area (Å²) < 4.78 is 25.4. The number of piperidine rings is 1. The molecule has 1 amide bonds. The number of nitrogens with zero attached hydrogens (tertiary/aromatic N) is 2. The third-order valence-electron chi connectivity index (χ3n) is 4.27. The second kappa shape index (κ2) is 6.78. The van der Waals surface area contributed by atoms with Gasteiger partial charge in [0.05, 0.1) is 17.5 Å². The van der Waals surface area contributed by atoms with Gasteiger partial charge in [0.1, 0.15) is 0 Å². The molecule has 0 spiro atoms. The van der Waals surface area contributed by atoms with Gasteiger partial charge in [-0.3, -0.25) is 9.78 Å². The molecule has 1 aliphatic heterocycles. The number of fused-ring (bicyclic) bond motifs is 1. The highest BCUT2D eigenvalue weighted by Crippen LogP contribution is 2.29. The van der Waals surface area contributed by atoms with Crippen molar-refractivity contribution >= 4 is 48.5 Å². The molecule has 2 heterocycles. The lowest BCUT2D eigenvalue weighted by atomic mass is 9.97. The van der Waals surface area contributed by atoms with Crippen LogP contribution >= 0.6 is 15.9 Å². The number of rotatable bonds is 3. The number of pyridine rings is 1. The Morgan fingerprint density at radius 2 is 2.00 bits per heavy atom. The minimum atomic E-state index is -3.18. The molecule has 2 aromatic rings. The molecule has 3 rings (SSSR count). The van der Waals surface area contributed by atoms with Crippen LogP contribution in [0.4, 0.5) is 5.69 Å². The van der Waals surface area contributed by atoms with E-state index in [2.05, 4.69) is 26.2 Å². The number of hydrogen-bond acceptors (Lipinski definition) is 4. The van der Waals surface area contributed by atoms with Crippen molar-refractivity contribution in [1.82, 2.24) is 9.29 Å². The molecule has 0 unspecified atom stereocenters. The van der Waals surface area contributed by atoms with E-state index in [4.69, 9.17) is 0 Å². The number of sulfonamides is 1. The van der Waals surface area contributed by atoms with Crippen LogP contribution in [-0.4, -0.2) is 43.0 Å². The summed E-state index contributed by atoms with van der Waals surface area (Å²) in [5, 5.41) is 3.88. The van der Waals surface area contributed by atoms with Crippen LogP contribution in [0.1, 0.15) is 12.8 Å². The molecule has 0 saturated carbocycles. The first-order valence-corrected chi connectivity index (χ1v) is 10.3. The number of carbonyl (C=O) groups excluding carboxylic acids is 1. The molecule has 0 radical (unpaired) electrons. The first-order chi connectivity index (χ1) is 11.4. The van der Waals surface area contributed by atoms with Gasteiger partial charge in [-0.05, 0) is 31.0 Å². The predicted molar refractivity (Wildman–Crippen MR) is 97.2 cm³/mol. The van der Waals surface area contributed by atoms with E-state index < -0.39 is 10.0 Å². The van der Waals surface area contributed by atoms with Crippen molar-refractivity contribution in [2.24, 2.45) is 5.92 Å². The Labute approximate surface area is 149 Å². The summed E-state index contributed by atoms with van der Waals surface area (Å²) in [5.41, 5.74) is 1.40. The zero-order chi connectivity index (χ0) is 17.3. The topological polar surface area (TPSA) is 79.4 Å². The van der Waals surface area contributed by atoms with E-state index >= 15 is 0 Å². The third-order valence-corrected chi connectivity index (χ3v) is 6.26. The van der Waals surface area contributed by atoms with Crippen LogP contribution in [0.15, 0.2) is 34.9 Å². The Balaban J connectivity index is 1.74. The van der Waals surface area contributed by atoms with E-state index in [-0.39, 0.29) is 11.8 Å². The quantitative estimate of drug-likeness (QED) is 0.841. The zero-order valence-electron chi connectivity index (χ0n) is 13.2. The van der Waals surface area contributed by atoms with Gasteiger partial charge in [0.25, 0.3) is 0 Å². The Hall–Kier alpha value is -1.51. The molecule has 1 N–H and O–H groups in total. The maximum absolute atomic E-state index is 12.5. The van der Waals surface area contributed by atoms with Gasteiger partial charge in [-0.1, -0.05) is 22.0 Å². The Morgan fingerprint density at radius 1 is 1.29 bits per heavy atom. The van der Waals surface area contributed by atoms with E-state index in [1.807, 2.05) is 24.3 Å². The highest BCUT2D eigenvalue weighted by Gasteiger charge is 2.29. The normalized spacial score (nSPS) is 17.1. The van der Waals surface area contributed by atoms with Crippen LogP contribution in [0.3, 0.4) is 0 Å². The van der Waals surface area contributed by atoms with E-state index in [0.717, 1.165) is 15.4 Å². The van der Waals surface area contributed by atoms with Crippen LogP contribution < -0.4 is 5.32 Å². The summed E-state index contributed by atoms with van der Waals surface area (Å²) in [4.78, 5) is 16.9. The van der Waals surface area contributed by atoms with E-state index in [9.17, 15) is 13.2 Å². The van der Waals surface area contributed by atoms with Crippen LogP contribution in [0.25, 0.3) is 10.9 Å². The maximum Gasteiger partial charge on any atom is 0.227 e. The first kappa shape index (κ1) is 17.3. The Bertz CT molecular complexity index is 877. The summed E-state index contributed by atoms with van der Waals surface area (Å²) in [6.45, 7) is 0.770. The molecule has 128 valence electrons. The smallest absolute Gasteiger partial charge is 0.227 e. The van der Waals surface area contributed by atoms with Gasteiger partial charge in [0.2, 0.25) is 15.9 Å². The van der Waals surface area contributed by atoms with Crippen molar-refractivity contribution < 1.29 is 13.2 Å². The summed E-state index contributed by atoms with van der Waals surface area (Å²) in [6, 6.07) is 7.49. The number of halogens is 1. The monoisotopic (exact) mass is 411 g/mol. The van der Waals surface area contributed by atoms with Crippen molar-refractivity contribution in [3.05, 3.63) is 34.9 Å². The van der Waals surface area contributed by atoms with Gasteiger partial charge in [0.15, 0.2) is 0 Å². The van der Waals surface area contributed by atoms with Crippen molar-refractivity contribution in [3.63, 3.8) is 0 Å². The van der Waals surface area contributed by atoms with Gasteiger partial charge in [0, 0.05) is 35.1 Å². The molecular formula is C16H18BrN3O3S. The highest BCUT2D eigenvalue weighted by molar-refractivity contribution is 9.10. The number of aromatic nitrogens is 1. The lowest BCUT2D eigenvalue weighted by Crippen LogP contribution is -2.40. The summed E-state index contributed by atoms with van der Waals surface area (Å²) in [5.74, 6) is -0.275. The maximum atomic E-state index is 12.5. The van der Waals surface area contributed by atoms with Gasteiger partial charge in [-0.15, -0.1) is 0 Å². The highest BCUT2D eigenvalue weighted by atomic mass is 79.9. The van der Waals surface area contributed by atoms with Gasteiger partial charge >= 0.3 is 0 Å². The molecule has 24 heavy (non-hydrogen) atoms. The molecule has 8 heteroatoms. The fraction of sp³-hybridized carbons (Fsp3) is 0.375. The SMILES string of the molecule is CS(=O)(=O)N1CCC(C(=O)Nc2ccc(Br)c3cccnc23)CC1. The minimum absolute atomic E-state index is 0.0857. The number of carbonyl (C=O) groups is 1. The number of nitrogens with one attached hydrogen (secondary N) is 1. The summed E-state index contributed by atoms with van der Waals surface area (Å²) in [7, 11) is -3.18. The lowest BCUT2D eigenvalue weighted by Gasteiger charge is -2.29. The summed E-state index contributed by atoms with van der Waals surface area (Å²) in [6.07, 6.45) is 3.95. The number of amides is 1. The van der Waals surface area contributed by atoms with Gasteiger partial charge < -0.3 is 5.32 Å². The largest absolute Gasteiger partial charge is 0.324 e. The molecule has 0 aliphatic carbocycles. The third kappa shape index (κ3) is 3.60. The van der Waals surface area contributed by atoms with E-state index in [0.29, 0.717) is 31.6 Å². The van der Waals surface area contributed by atoms with Crippen molar-refractivity contribution in [1.29, 1.82) is 0 Å². The minimum Gasteiger partial charge on any atom is -0.324 e. The molecule has 6 nitrogen and oxygen atoms in total. The number of benzene rings is 1. The molecule has 1 aliphatic rings. The van der Waals surface area contributed by atoms with Crippen LogP contribution in [0.2, 0.25) is 0 Å². The van der Waals surface area contributed by atoms with E-state index in [1.54, 1.807) is 6.20 Å². The molecular weight excluding hydrogens is 394 g/mol. The molecule has 1 fully saturated rings. The van der Waals surface area contributed by atoms with Crippen LogP contribution in [0, 0.1) is 5.92 Å². The second-order valence-corrected chi connectivity index (χ2v) is 8.76. The molecule has 1 aromatic carbocycles. The molecule has 0 atom stereocenters.